The van der Waals surface area contributed by atoms with E-state index in [1.54, 1.807) is 6.07 Å². The zero-order valence-electron chi connectivity index (χ0n) is 18.9. The molecule has 2 heterocycles. The molecule has 2 aromatic carbocycles. The minimum atomic E-state index is -1.21. The highest BCUT2D eigenvalue weighted by Gasteiger charge is 2.45. The van der Waals surface area contributed by atoms with Crippen LogP contribution in [0.1, 0.15) is 52.8 Å². The lowest BCUT2D eigenvalue weighted by atomic mass is 9.83. The van der Waals surface area contributed by atoms with Crippen molar-refractivity contribution >= 4 is 29.2 Å². The van der Waals surface area contributed by atoms with Crippen LogP contribution in [0, 0.1) is 5.82 Å². The first kappa shape index (κ1) is 23.7. The lowest BCUT2D eigenvalue weighted by Gasteiger charge is -2.48. The van der Waals surface area contributed by atoms with Crippen LogP contribution in [0.2, 0.25) is 0 Å². The van der Waals surface area contributed by atoms with E-state index in [-0.39, 0.29) is 22.7 Å². The van der Waals surface area contributed by atoms with Crippen LogP contribution in [0.25, 0.3) is 0 Å². The molecule has 34 heavy (non-hydrogen) atoms. The average Bonchev–Trinajstić information content (AvgIpc) is 2.85. The summed E-state index contributed by atoms with van der Waals surface area (Å²) >= 11 is 0. The summed E-state index contributed by atoms with van der Waals surface area (Å²) in [5, 5.41) is 12.2. The molecule has 9 heteroatoms. The lowest BCUT2D eigenvalue weighted by Crippen LogP contribution is -2.63. The van der Waals surface area contributed by atoms with Gasteiger partial charge in [-0.2, -0.15) is 0 Å². The van der Waals surface area contributed by atoms with Crippen LogP contribution in [-0.4, -0.2) is 59.5 Å². The Morgan fingerprint density at radius 2 is 1.62 bits per heavy atom. The quantitative estimate of drug-likeness (QED) is 0.600. The standard InChI is InChI=1S/C25H29FN4O4/c26-20-7-3-2-6-18(20)22(31)28-21-9-8-17(16-19(21)23(32)33)29-14-10-25(11-15-29,24(27)34)30-12-4-1-5-13-30/h2-3,6-9,16H,1,4-5,10-15H2,(H2,27,34)(H,28,31)(H,32,33). The highest BCUT2D eigenvalue weighted by molar-refractivity contribution is 6.08. The Balaban J connectivity index is 1.51. The van der Waals surface area contributed by atoms with Crippen molar-refractivity contribution in [2.75, 3.05) is 36.4 Å². The normalized spacial score (nSPS) is 18.3. The Labute approximate surface area is 197 Å². The maximum atomic E-state index is 13.9. The topological polar surface area (TPSA) is 116 Å². The van der Waals surface area contributed by atoms with Gasteiger partial charge in [0.25, 0.3) is 5.91 Å². The second-order valence-corrected chi connectivity index (χ2v) is 8.90. The summed E-state index contributed by atoms with van der Waals surface area (Å²) in [7, 11) is 0. The molecule has 180 valence electrons. The van der Waals surface area contributed by atoms with Gasteiger partial charge in [-0.1, -0.05) is 18.6 Å². The van der Waals surface area contributed by atoms with Gasteiger partial charge in [-0.15, -0.1) is 0 Å². The molecule has 0 radical (unpaired) electrons. The number of carbonyl (C=O) groups excluding carboxylic acids is 2. The molecule has 4 N–H and O–H groups in total. The SMILES string of the molecule is NC(=O)C1(N2CCCCC2)CCN(c2ccc(NC(=O)c3ccccc3F)c(C(=O)O)c2)CC1. The van der Waals surface area contributed by atoms with E-state index in [0.717, 1.165) is 32.4 Å². The van der Waals surface area contributed by atoms with Gasteiger partial charge in [-0.25, -0.2) is 9.18 Å². The van der Waals surface area contributed by atoms with E-state index in [9.17, 15) is 23.9 Å². The van der Waals surface area contributed by atoms with Crippen LogP contribution in [0.4, 0.5) is 15.8 Å². The maximum absolute atomic E-state index is 13.9. The van der Waals surface area contributed by atoms with Crippen LogP contribution in [0.5, 0.6) is 0 Å². The number of likely N-dealkylation sites (tertiary alicyclic amines) is 1. The summed E-state index contributed by atoms with van der Waals surface area (Å²) in [6.45, 7) is 2.84. The molecule has 0 unspecified atom stereocenters. The van der Waals surface area contributed by atoms with Gasteiger partial charge in [-0.3, -0.25) is 14.5 Å². The second-order valence-electron chi connectivity index (χ2n) is 8.90. The number of rotatable bonds is 6. The number of carboxylic acid groups (broad SMARTS) is 1. The number of nitrogens with two attached hydrogens (primary N) is 1. The number of aromatic carboxylic acids is 1. The zero-order chi connectivity index (χ0) is 24.3. The van der Waals surface area contributed by atoms with Crippen LogP contribution in [0.3, 0.4) is 0 Å². The van der Waals surface area contributed by atoms with Crippen molar-refractivity contribution in [1.82, 2.24) is 4.90 Å². The number of nitrogens with zero attached hydrogens (tertiary/aromatic N) is 2. The molecule has 2 fully saturated rings. The van der Waals surface area contributed by atoms with Crippen molar-refractivity contribution in [1.29, 1.82) is 0 Å². The van der Waals surface area contributed by atoms with Gasteiger partial charge < -0.3 is 21.1 Å². The van der Waals surface area contributed by atoms with E-state index in [1.165, 1.54) is 36.4 Å². The average molecular weight is 469 g/mol. The molecule has 0 bridgehead atoms. The summed E-state index contributed by atoms with van der Waals surface area (Å²) in [5.74, 6) is -2.92. The fourth-order valence-corrected chi connectivity index (χ4v) is 5.03. The summed E-state index contributed by atoms with van der Waals surface area (Å²) in [4.78, 5) is 41.1. The van der Waals surface area contributed by atoms with Gasteiger partial charge in [0, 0.05) is 18.8 Å². The van der Waals surface area contributed by atoms with E-state index < -0.39 is 23.2 Å². The maximum Gasteiger partial charge on any atom is 0.337 e. The number of hydrogen-bond acceptors (Lipinski definition) is 5. The molecule has 0 spiro atoms. The molecule has 2 aromatic rings. The predicted molar refractivity (Wildman–Crippen MR) is 127 cm³/mol. The van der Waals surface area contributed by atoms with E-state index in [0.29, 0.717) is 31.6 Å². The van der Waals surface area contributed by atoms with Gasteiger partial charge in [0.2, 0.25) is 5.91 Å². The minimum absolute atomic E-state index is 0.0845. The first-order valence-electron chi connectivity index (χ1n) is 11.5. The lowest BCUT2D eigenvalue weighted by molar-refractivity contribution is -0.132. The van der Waals surface area contributed by atoms with Crippen molar-refractivity contribution in [2.24, 2.45) is 5.73 Å². The molecule has 2 aliphatic rings. The number of primary amides is 1. The van der Waals surface area contributed by atoms with Gasteiger partial charge in [-0.05, 0) is 69.1 Å². The number of hydrogen-bond donors (Lipinski definition) is 3. The van der Waals surface area contributed by atoms with Crippen molar-refractivity contribution in [2.45, 2.75) is 37.6 Å². The number of piperidine rings is 2. The van der Waals surface area contributed by atoms with Gasteiger partial charge in [0.05, 0.1) is 16.8 Å². The Hall–Kier alpha value is -3.46. The van der Waals surface area contributed by atoms with Crippen LogP contribution < -0.4 is 16.0 Å². The molecule has 8 nitrogen and oxygen atoms in total. The monoisotopic (exact) mass is 468 g/mol. The van der Waals surface area contributed by atoms with Crippen LogP contribution in [-0.2, 0) is 4.79 Å². The smallest absolute Gasteiger partial charge is 0.337 e. The van der Waals surface area contributed by atoms with E-state index in [2.05, 4.69) is 10.2 Å². The van der Waals surface area contributed by atoms with Crippen molar-refractivity contribution in [3.8, 4) is 0 Å². The molecule has 0 aromatic heterocycles. The fourth-order valence-electron chi connectivity index (χ4n) is 5.03. The van der Waals surface area contributed by atoms with Crippen molar-refractivity contribution < 1.29 is 23.9 Å². The molecular formula is C25H29FN4O4. The number of halogens is 1. The molecule has 0 aliphatic carbocycles. The molecule has 4 rings (SSSR count). The molecule has 2 aliphatic heterocycles. The Kier molecular flexibility index (Phi) is 6.83. The third-order valence-electron chi connectivity index (χ3n) is 6.98. The number of nitrogens with one attached hydrogen (secondary N) is 1. The van der Waals surface area contributed by atoms with E-state index in [4.69, 9.17) is 5.73 Å². The Morgan fingerprint density at radius 3 is 2.24 bits per heavy atom. The van der Waals surface area contributed by atoms with Gasteiger partial charge in [0.15, 0.2) is 0 Å². The number of amides is 2. The van der Waals surface area contributed by atoms with E-state index >= 15 is 0 Å². The first-order valence-corrected chi connectivity index (χ1v) is 11.5. The number of benzene rings is 2. The fraction of sp³-hybridized carbons (Fsp3) is 0.400. The van der Waals surface area contributed by atoms with Crippen LogP contribution in [0.15, 0.2) is 42.5 Å². The predicted octanol–water partition coefficient (Wildman–Crippen LogP) is 3.09. The van der Waals surface area contributed by atoms with Gasteiger partial charge >= 0.3 is 5.97 Å². The molecular weight excluding hydrogens is 439 g/mol. The van der Waals surface area contributed by atoms with Gasteiger partial charge in [0.1, 0.15) is 11.4 Å². The Morgan fingerprint density at radius 1 is 0.941 bits per heavy atom. The van der Waals surface area contributed by atoms with E-state index in [1.807, 2.05) is 4.90 Å². The largest absolute Gasteiger partial charge is 0.478 e. The van der Waals surface area contributed by atoms with Crippen molar-refractivity contribution in [3.63, 3.8) is 0 Å². The molecule has 2 amide bonds. The second kappa shape index (κ2) is 9.80. The summed E-state index contributed by atoms with van der Waals surface area (Å²) in [5.41, 5.74) is 5.70. The molecule has 2 saturated heterocycles. The summed E-state index contributed by atoms with van der Waals surface area (Å²) in [6.07, 6.45) is 4.41. The third-order valence-corrected chi connectivity index (χ3v) is 6.98. The highest BCUT2D eigenvalue weighted by Crippen LogP contribution is 2.34. The first-order chi connectivity index (χ1) is 16.3. The Bertz CT molecular complexity index is 1090. The van der Waals surface area contributed by atoms with Crippen LogP contribution >= 0.6 is 0 Å². The number of carbonyl (C=O) groups is 3. The minimum Gasteiger partial charge on any atom is -0.478 e. The number of carboxylic acids is 1. The highest BCUT2D eigenvalue weighted by atomic mass is 19.1. The molecule has 0 atom stereocenters. The third kappa shape index (κ3) is 4.61. The van der Waals surface area contributed by atoms with Crippen molar-refractivity contribution in [3.05, 3.63) is 59.4 Å². The molecule has 0 saturated carbocycles. The summed E-state index contributed by atoms with van der Waals surface area (Å²) < 4.78 is 13.9. The number of anilines is 2. The summed E-state index contributed by atoms with van der Waals surface area (Å²) in [6, 6.07) is 10.2. The zero-order valence-corrected chi connectivity index (χ0v) is 18.9.